The van der Waals surface area contributed by atoms with E-state index in [4.69, 9.17) is 31.2 Å². The summed E-state index contributed by atoms with van der Waals surface area (Å²) in [5.74, 6) is -0.422. The third-order valence-electron chi connectivity index (χ3n) is 3.35. The van der Waals surface area contributed by atoms with Crippen molar-refractivity contribution in [3.05, 3.63) is 0 Å². The highest BCUT2D eigenvalue weighted by Crippen LogP contribution is 2.36. The van der Waals surface area contributed by atoms with Gasteiger partial charge in [-0.2, -0.15) is 0 Å². The predicted octanol–water partition coefficient (Wildman–Crippen LogP) is 2.24. The molecule has 122 valence electrons. The van der Waals surface area contributed by atoms with Gasteiger partial charge >= 0.3 is 0 Å². The molecular weight excluding hydrogens is 310 g/mol. The normalized spacial score (nSPS) is 34.1. The summed E-state index contributed by atoms with van der Waals surface area (Å²) < 4.78 is 24.5. The summed E-state index contributed by atoms with van der Waals surface area (Å²) in [6.45, 7) is 8.21. The predicted molar refractivity (Wildman–Crippen MR) is 87.5 cm³/mol. The third kappa shape index (κ3) is 4.53. The van der Waals surface area contributed by atoms with Gasteiger partial charge in [0.2, 0.25) is 0 Å². The van der Waals surface area contributed by atoms with Gasteiger partial charge in [-0.15, -0.1) is 0 Å². The molecule has 0 aromatic rings. The molecule has 0 unspecified atom stereocenters. The van der Waals surface area contributed by atoms with Crippen molar-refractivity contribution < 1.29 is 18.9 Å². The maximum Gasteiger partial charge on any atom is 0.163 e. The maximum absolute atomic E-state index is 6.03. The van der Waals surface area contributed by atoms with Crippen molar-refractivity contribution in [1.29, 1.82) is 0 Å². The Morgan fingerprint density at radius 1 is 1.14 bits per heavy atom. The molecular formula is C14H25NO4S2. The number of hydrogen-bond donors (Lipinski definition) is 0. The fourth-order valence-electron chi connectivity index (χ4n) is 2.47. The lowest BCUT2D eigenvalue weighted by molar-refractivity contribution is -0.174. The zero-order valence-corrected chi connectivity index (χ0v) is 15.2. The van der Waals surface area contributed by atoms with Crippen LogP contribution in [0.2, 0.25) is 0 Å². The van der Waals surface area contributed by atoms with Gasteiger partial charge in [-0.3, -0.25) is 0 Å². The standard InChI is InChI=1S/C14H25NO4S2/c1-13(2)16-7-9(17-13)11-10(18-14(3,4)19-11)8-21-12(20)15(5)6/h9-11H,7-8H2,1-6H3/t9-,10+,11+/m0/s1. The summed E-state index contributed by atoms with van der Waals surface area (Å²) in [5.41, 5.74) is 0. The molecule has 0 amide bonds. The van der Waals surface area contributed by atoms with Crippen molar-refractivity contribution in [3.63, 3.8) is 0 Å². The average Bonchev–Trinajstić information content (AvgIpc) is 2.85. The van der Waals surface area contributed by atoms with Gasteiger partial charge in [0, 0.05) is 19.8 Å². The second-order valence-corrected chi connectivity index (χ2v) is 8.13. The van der Waals surface area contributed by atoms with Crippen LogP contribution in [-0.4, -0.2) is 65.6 Å². The van der Waals surface area contributed by atoms with Crippen LogP contribution in [0.3, 0.4) is 0 Å². The highest BCUT2D eigenvalue weighted by Gasteiger charge is 2.49. The number of hydrogen-bond acceptors (Lipinski definition) is 6. The fraction of sp³-hybridized carbons (Fsp3) is 0.929. The van der Waals surface area contributed by atoms with Crippen LogP contribution in [0.5, 0.6) is 0 Å². The van der Waals surface area contributed by atoms with Crippen molar-refractivity contribution in [1.82, 2.24) is 4.90 Å². The lowest BCUT2D eigenvalue weighted by Crippen LogP contribution is -2.39. The van der Waals surface area contributed by atoms with E-state index in [0.717, 1.165) is 10.1 Å². The molecule has 2 saturated heterocycles. The van der Waals surface area contributed by atoms with Crippen molar-refractivity contribution in [3.8, 4) is 0 Å². The van der Waals surface area contributed by atoms with Crippen LogP contribution < -0.4 is 0 Å². The Kier molecular flexibility index (Phi) is 5.23. The van der Waals surface area contributed by atoms with Gasteiger partial charge in [-0.25, -0.2) is 0 Å². The number of thiocarbonyl (C=S) groups is 1. The molecule has 0 spiro atoms. The summed E-state index contributed by atoms with van der Waals surface area (Å²) in [6.07, 6.45) is -0.315. The van der Waals surface area contributed by atoms with Crippen molar-refractivity contribution >= 4 is 28.3 Å². The van der Waals surface area contributed by atoms with E-state index in [0.29, 0.717) is 6.61 Å². The Morgan fingerprint density at radius 2 is 1.81 bits per heavy atom. The molecule has 0 aromatic heterocycles. The van der Waals surface area contributed by atoms with Crippen LogP contribution in [-0.2, 0) is 18.9 Å². The molecule has 2 aliphatic heterocycles. The van der Waals surface area contributed by atoms with E-state index in [1.807, 2.05) is 46.7 Å². The number of rotatable bonds is 3. The van der Waals surface area contributed by atoms with Gasteiger partial charge in [0.1, 0.15) is 16.5 Å². The van der Waals surface area contributed by atoms with E-state index in [2.05, 4.69) is 0 Å². The van der Waals surface area contributed by atoms with E-state index < -0.39 is 11.6 Å². The first-order valence-electron chi connectivity index (χ1n) is 7.11. The Morgan fingerprint density at radius 3 is 2.33 bits per heavy atom. The molecule has 0 radical (unpaired) electrons. The van der Waals surface area contributed by atoms with Crippen LogP contribution in [0.1, 0.15) is 27.7 Å². The summed E-state index contributed by atoms with van der Waals surface area (Å²) in [6, 6.07) is 0. The van der Waals surface area contributed by atoms with Crippen LogP contribution >= 0.6 is 24.0 Å². The zero-order chi connectivity index (χ0) is 15.8. The monoisotopic (exact) mass is 335 g/mol. The molecule has 0 bridgehead atoms. The molecule has 2 aliphatic rings. The minimum absolute atomic E-state index is 0.0644. The van der Waals surface area contributed by atoms with E-state index in [1.54, 1.807) is 11.8 Å². The van der Waals surface area contributed by atoms with Crippen molar-refractivity contribution in [2.45, 2.75) is 57.6 Å². The summed E-state index contributed by atoms with van der Waals surface area (Å²) >= 11 is 6.92. The Balaban J connectivity index is 1.99. The van der Waals surface area contributed by atoms with E-state index in [1.165, 1.54) is 0 Å². The van der Waals surface area contributed by atoms with Crippen LogP contribution in [0.25, 0.3) is 0 Å². The fourth-order valence-corrected chi connectivity index (χ4v) is 3.49. The highest BCUT2D eigenvalue weighted by atomic mass is 32.2. The summed E-state index contributed by atoms with van der Waals surface area (Å²) in [4.78, 5) is 1.92. The quantitative estimate of drug-likeness (QED) is 0.733. The van der Waals surface area contributed by atoms with Gasteiger partial charge in [0.05, 0.1) is 12.7 Å². The molecule has 3 atom stereocenters. The molecule has 0 saturated carbocycles. The second kappa shape index (κ2) is 6.29. The number of thioether (sulfide) groups is 1. The second-order valence-electron chi connectivity index (χ2n) is 6.48. The molecule has 5 nitrogen and oxygen atoms in total. The van der Waals surface area contributed by atoms with E-state index >= 15 is 0 Å². The first-order valence-corrected chi connectivity index (χ1v) is 8.50. The highest BCUT2D eigenvalue weighted by molar-refractivity contribution is 8.22. The van der Waals surface area contributed by atoms with Crippen molar-refractivity contribution in [2.24, 2.45) is 0 Å². The van der Waals surface area contributed by atoms with E-state index in [-0.39, 0.29) is 18.3 Å². The third-order valence-corrected chi connectivity index (χ3v) is 5.18. The van der Waals surface area contributed by atoms with E-state index in [9.17, 15) is 0 Å². The first kappa shape index (κ1) is 17.4. The topological polar surface area (TPSA) is 40.2 Å². The van der Waals surface area contributed by atoms with Gasteiger partial charge in [0.15, 0.2) is 11.6 Å². The first-order chi connectivity index (χ1) is 9.60. The number of ether oxygens (including phenoxy) is 4. The Hall–Kier alpha value is 0.0800. The lowest BCUT2D eigenvalue weighted by atomic mass is 10.1. The van der Waals surface area contributed by atoms with Gasteiger partial charge in [-0.1, -0.05) is 24.0 Å². The Labute approximate surface area is 136 Å². The minimum atomic E-state index is -0.605. The van der Waals surface area contributed by atoms with Gasteiger partial charge in [-0.05, 0) is 27.7 Å². The van der Waals surface area contributed by atoms with Crippen LogP contribution in [0.15, 0.2) is 0 Å². The van der Waals surface area contributed by atoms with Gasteiger partial charge in [0.25, 0.3) is 0 Å². The molecule has 0 aliphatic carbocycles. The zero-order valence-electron chi connectivity index (χ0n) is 13.5. The molecule has 21 heavy (non-hydrogen) atoms. The largest absolute Gasteiger partial charge is 0.364 e. The summed E-state index contributed by atoms with van der Waals surface area (Å²) in [5, 5.41) is 0. The number of nitrogens with zero attached hydrogens (tertiary/aromatic N) is 1. The van der Waals surface area contributed by atoms with Crippen molar-refractivity contribution in [2.75, 3.05) is 26.5 Å². The molecule has 2 fully saturated rings. The summed E-state index contributed by atoms with van der Waals surface area (Å²) in [7, 11) is 3.89. The smallest absolute Gasteiger partial charge is 0.163 e. The maximum atomic E-state index is 6.03. The SMILES string of the molecule is CN(C)C(=S)SC[C@H]1OC(C)(C)O[C@@H]1[C@@H]1COC(C)(C)O1. The minimum Gasteiger partial charge on any atom is -0.364 e. The molecule has 0 aromatic carbocycles. The lowest BCUT2D eigenvalue weighted by Gasteiger charge is -2.24. The average molecular weight is 335 g/mol. The Bertz CT molecular complexity index is 400. The van der Waals surface area contributed by atoms with Gasteiger partial charge < -0.3 is 23.8 Å². The molecule has 2 rings (SSSR count). The molecule has 7 heteroatoms. The van der Waals surface area contributed by atoms with Crippen LogP contribution in [0.4, 0.5) is 0 Å². The molecule has 2 heterocycles. The van der Waals surface area contributed by atoms with Crippen LogP contribution in [0, 0.1) is 0 Å². The molecule has 0 N–H and O–H groups in total.